The quantitative estimate of drug-likeness (QED) is 0.432. The standard InChI is InChI=1S/C33H34FN5O5/c34-26-12-19(11-20-1-5-29(35-31(20)26)38-15-21-8-10-43-28(21)18-38)14-37-9-7-24(17-37)44-23-2-3-25-22(13-23)16-39(33(25)42)27-4-6-30(40)36-32(27)41/h1-3,5,11-13,21,24,27-28H,4,6-10,14-18H2,(H,36,40,41)/t21-,24+,27+,28+/m1/s1. The number of nitrogens with one attached hydrogen (secondary N) is 1. The van der Waals surface area contributed by atoms with Crippen molar-refractivity contribution in [2.24, 2.45) is 5.92 Å². The maximum absolute atomic E-state index is 15.3. The van der Waals surface area contributed by atoms with Gasteiger partial charge in [-0.3, -0.25) is 24.6 Å². The molecule has 1 N–H and O–H groups in total. The predicted molar refractivity (Wildman–Crippen MR) is 159 cm³/mol. The first kappa shape index (κ1) is 27.5. The molecule has 44 heavy (non-hydrogen) atoms. The Kier molecular flexibility index (Phi) is 6.75. The van der Waals surface area contributed by atoms with Crippen LogP contribution in [0.25, 0.3) is 10.9 Å². The fraction of sp³-hybridized carbons (Fsp3) is 0.455. The molecule has 8 rings (SSSR count). The van der Waals surface area contributed by atoms with E-state index in [0.29, 0.717) is 48.8 Å². The van der Waals surface area contributed by atoms with E-state index in [4.69, 9.17) is 9.47 Å². The number of anilines is 1. The number of fused-ring (bicyclic) bond motifs is 3. The van der Waals surface area contributed by atoms with E-state index in [2.05, 4.69) is 20.1 Å². The first-order valence-corrected chi connectivity index (χ1v) is 15.5. The molecule has 4 saturated heterocycles. The minimum Gasteiger partial charge on any atom is -0.489 e. The maximum Gasteiger partial charge on any atom is 0.255 e. The summed E-state index contributed by atoms with van der Waals surface area (Å²) in [5.74, 6) is 0.800. The van der Waals surface area contributed by atoms with E-state index in [9.17, 15) is 14.4 Å². The largest absolute Gasteiger partial charge is 0.489 e. The van der Waals surface area contributed by atoms with Crippen molar-refractivity contribution in [1.82, 2.24) is 20.1 Å². The molecule has 6 heterocycles. The second-order valence-electron chi connectivity index (χ2n) is 12.7. The first-order chi connectivity index (χ1) is 21.4. The molecule has 0 bridgehead atoms. The van der Waals surface area contributed by atoms with Crippen molar-refractivity contribution in [1.29, 1.82) is 0 Å². The fourth-order valence-corrected chi connectivity index (χ4v) is 7.48. The summed E-state index contributed by atoms with van der Waals surface area (Å²) < 4.78 is 27.4. The topological polar surface area (TPSA) is 104 Å². The highest BCUT2D eigenvalue weighted by atomic mass is 19.1. The van der Waals surface area contributed by atoms with E-state index in [-0.39, 0.29) is 36.3 Å². The van der Waals surface area contributed by atoms with E-state index in [0.717, 1.165) is 61.4 Å². The Balaban J connectivity index is 0.894. The van der Waals surface area contributed by atoms with Gasteiger partial charge >= 0.3 is 0 Å². The molecule has 3 amide bonds. The Bertz CT molecular complexity index is 1670. The average molecular weight is 600 g/mol. The van der Waals surface area contributed by atoms with Crippen LogP contribution in [0, 0.1) is 11.7 Å². The van der Waals surface area contributed by atoms with Gasteiger partial charge in [-0.25, -0.2) is 9.37 Å². The molecule has 0 unspecified atom stereocenters. The number of pyridine rings is 1. The van der Waals surface area contributed by atoms with Crippen LogP contribution in [0.1, 0.15) is 47.2 Å². The minimum absolute atomic E-state index is 0.0325. The van der Waals surface area contributed by atoms with Gasteiger partial charge in [0.2, 0.25) is 11.8 Å². The van der Waals surface area contributed by atoms with Crippen LogP contribution in [0.4, 0.5) is 10.2 Å². The van der Waals surface area contributed by atoms with Gasteiger partial charge in [0.15, 0.2) is 0 Å². The smallest absolute Gasteiger partial charge is 0.255 e. The van der Waals surface area contributed by atoms with Crippen molar-refractivity contribution in [3.8, 4) is 5.75 Å². The molecule has 5 aliphatic heterocycles. The van der Waals surface area contributed by atoms with Crippen LogP contribution in [0.2, 0.25) is 0 Å². The third kappa shape index (κ3) is 4.97. The fourth-order valence-electron chi connectivity index (χ4n) is 7.48. The summed E-state index contributed by atoms with van der Waals surface area (Å²) in [6.45, 7) is 5.00. The lowest BCUT2D eigenvalue weighted by molar-refractivity contribution is -0.136. The Hall–Kier alpha value is -4.09. The van der Waals surface area contributed by atoms with Gasteiger partial charge in [0.25, 0.3) is 5.91 Å². The van der Waals surface area contributed by atoms with Gasteiger partial charge < -0.3 is 19.3 Å². The van der Waals surface area contributed by atoms with Crippen LogP contribution < -0.4 is 15.0 Å². The number of hydrogen-bond donors (Lipinski definition) is 1. The van der Waals surface area contributed by atoms with Gasteiger partial charge in [-0.1, -0.05) is 0 Å². The van der Waals surface area contributed by atoms with Gasteiger partial charge in [0.05, 0.1) is 6.10 Å². The van der Waals surface area contributed by atoms with Crippen LogP contribution in [0.3, 0.4) is 0 Å². The number of likely N-dealkylation sites (tertiary alicyclic amines) is 1. The number of carbonyl (C=O) groups is 3. The van der Waals surface area contributed by atoms with Crippen LogP contribution in [0.15, 0.2) is 42.5 Å². The molecule has 0 spiro atoms. The first-order valence-electron chi connectivity index (χ1n) is 15.5. The zero-order chi connectivity index (χ0) is 29.9. The Morgan fingerprint density at radius 3 is 2.80 bits per heavy atom. The van der Waals surface area contributed by atoms with E-state index < -0.39 is 11.9 Å². The lowest BCUT2D eigenvalue weighted by Gasteiger charge is -2.29. The molecule has 0 saturated carbocycles. The highest BCUT2D eigenvalue weighted by molar-refractivity contribution is 6.05. The molecule has 1 aromatic heterocycles. The maximum atomic E-state index is 15.3. The van der Waals surface area contributed by atoms with Crippen molar-refractivity contribution in [3.63, 3.8) is 0 Å². The molecule has 5 aliphatic rings. The third-order valence-electron chi connectivity index (χ3n) is 9.75. The van der Waals surface area contributed by atoms with Gasteiger partial charge in [-0.15, -0.1) is 0 Å². The van der Waals surface area contributed by atoms with Gasteiger partial charge in [0, 0.05) is 69.2 Å². The molecular formula is C33H34FN5O5. The molecule has 4 fully saturated rings. The SMILES string of the molecule is O=C1CC[C@H](N2Cc3cc(O[C@H]4CCN(Cc5cc(F)c6nc(N7C[C@H]8CCO[C@H]8C7)ccc6c5)C4)ccc3C2=O)C(=O)N1. The number of rotatable bonds is 6. The summed E-state index contributed by atoms with van der Waals surface area (Å²) in [5.41, 5.74) is 2.68. The van der Waals surface area contributed by atoms with E-state index in [1.165, 1.54) is 0 Å². The van der Waals surface area contributed by atoms with E-state index in [1.54, 1.807) is 23.1 Å². The number of aromatic nitrogens is 1. The molecule has 0 aliphatic carbocycles. The molecule has 4 atom stereocenters. The molecule has 2 aromatic carbocycles. The van der Waals surface area contributed by atoms with Crippen molar-refractivity contribution >= 4 is 34.4 Å². The third-order valence-corrected chi connectivity index (χ3v) is 9.75. The normalized spacial score (nSPS) is 26.9. The number of benzene rings is 2. The summed E-state index contributed by atoms with van der Waals surface area (Å²) in [7, 11) is 0. The lowest BCUT2D eigenvalue weighted by Crippen LogP contribution is -2.52. The Morgan fingerprint density at radius 1 is 1.02 bits per heavy atom. The summed E-state index contributed by atoms with van der Waals surface area (Å²) in [6.07, 6.45) is 2.70. The number of carbonyl (C=O) groups excluding carboxylic acids is 3. The van der Waals surface area contributed by atoms with E-state index >= 15 is 4.39 Å². The second-order valence-corrected chi connectivity index (χ2v) is 12.7. The van der Waals surface area contributed by atoms with Crippen LogP contribution >= 0.6 is 0 Å². The van der Waals surface area contributed by atoms with Crippen LogP contribution in [-0.4, -0.2) is 83.5 Å². The number of imide groups is 1. The molecule has 228 valence electrons. The monoisotopic (exact) mass is 599 g/mol. The zero-order valence-corrected chi connectivity index (χ0v) is 24.3. The van der Waals surface area contributed by atoms with Gasteiger partial charge in [-0.2, -0.15) is 0 Å². The van der Waals surface area contributed by atoms with E-state index in [1.807, 2.05) is 24.3 Å². The highest BCUT2D eigenvalue weighted by Crippen LogP contribution is 2.34. The zero-order valence-electron chi connectivity index (χ0n) is 24.3. The van der Waals surface area contributed by atoms with Crippen LogP contribution in [-0.2, 0) is 27.4 Å². The molecular weight excluding hydrogens is 565 g/mol. The lowest BCUT2D eigenvalue weighted by atomic mass is 10.0. The number of nitrogens with zero attached hydrogens (tertiary/aromatic N) is 4. The molecule has 0 radical (unpaired) electrons. The Morgan fingerprint density at radius 2 is 1.93 bits per heavy atom. The van der Waals surface area contributed by atoms with Crippen molar-refractivity contribution in [2.45, 2.75) is 57.0 Å². The average Bonchev–Trinajstić information content (AvgIpc) is 3.78. The summed E-state index contributed by atoms with van der Waals surface area (Å²) >= 11 is 0. The van der Waals surface area contributed by atoms with Crippen molar-refractivity contribution in [3.05, 3.63) is 65.0 Å². The molecule has 3 aromatic rings. The minimum atomic E-state index is -0.641. The number of hydrogen-bond acceptors (Lipinski definition) is 8. The summed E-state index contributed by atoms with van der Waals surface area (Å²) in [5, 5.41) is 3.13. The number of amides is 3. The molecule has 11 heteroatoms. The van der Waals surface area contributed by atoms with Crippen molar-refractivity contribution < 1.29 is 28.2 Å². The number of halogens is 1. The molecule has 10 nitrogen and oxygen atoms in total. The summed E-state index contributed by atoms with van der Waals surface area (Å²) in [4.78, 5) is 47.6. The predicted octanol–water partition coefficient (Wildman–Crippen LogP) is 3.01. The second kappa shape index (κ2) is 10.8. The van der Waals surface area contributed by atoms with Gasteiger partial charge in [-0.05, 0) is 72.9 Å². The van der Waals surface area contributed by atoms with Gasteiger partial charge in [0.1, 0.15) is 35.0 Å². The van der Waals surface area contributed by atoms with Crippen LogP contribution in [0.5, 0.6) is 5.75 Å². The van der Waals surface area contributed by atoms with Crippen molar-refractivity contribution in [2.75, 3.05) is 37.7 Å². The Labute approximate surface area is 254 Å². The summed E-state index contributed by atoms with van der Waals surface area (Å²) in [6, 6.07) is 12.4. The number of piperidine rings is 1. The highest BCUT2D eigenvalue weighted by Gasteiger charge is 2.40. The number of ether oxygens (including phenoxy) is 2.